The largest absolute Gasteiger partial charge is 0.346 e. The molecule has 140 valence electrons. The van der Waals surface area contributed by atoms with E-state index in [0.717, 1.165) is 50.0 Å². The lowest BCUT2D eigenvalue weighted by atomic mass is 9.76. The number of aromatic nitrogens is 4. The van der Waals surface area contributed by atoms with Gasteiger partial charge in [0.2, 0.25) is 0 Å². The normalized spacial score (nSPS) is 23.8. The van der Waals surface area contributed by atoms with Crippen LogP contribution in [0.5, 0.6) is 0 Å². The number of piperidine rings is 2. The van der Waals surface area contributed by atoms with Gasteiger partial charge in [-0.25, -0.2) is 19.9 Å². The molecule has 2 aromatic rings. The molecule has 7 nitrogen and oxygen atoms in total. The van der Waals surface area contributed by atoms with E-state index in [4.69, 9.17) is 11.6 Å². The zero-order chi connectivity index (χ0) is 18.6. The fraction of sp³-hybridized carbons (Fsp3) is 0.526. The average Bonchev–Trinajstić information content (AvgIpc) is 2.74. The molecule has 0 aromatic carbocycles. The van der Waals surface area contributed by atoms with Gasteiger partial charge in [0, 0.05) is 25.0 Å². The van der Waals surface area contributed by atoms with Crippen LogP contribution in [0.25, 0.3) is 0 Å². The lowest BCUT2D eigenvalue weighted by Gasteiger charge is -2.42. The van der Waals surface area contributed by atoms with E-state index in [1.54, 1.807) is 18.5 Å². The molecule has 4 heterocycles. The second-order valence-electron chi connectivity index (χ2n) is 7.21. The third-order valence-corrected chi connectivity index (χ3v) is 5.89. The summed E-state index contributed by atoms with van der Waals surface area (Å²) in [7, 11) is 0. The standard InChI is InChI=1S/C19H22ClN7/c20-15-10-23-19(24-11-15)17-7-14(13-1-4-22-5-2-13)3-6-27(17)18-8-16(9-21)25-12-26-18/h8,10-14,17,22H,1-7H2/t14?,17-/m1/s1. The Bertz CT molecular complexity index is 814. The van der Waals surface area contributed by atoms with Gasteiger partial charge in [-0.2, -0.15) is 5.26 Å². The lowest BCUT2D eigenvalue weighted by molar-refractivity contribution is 0.197. The van der Waals surface area contributed by atoms with Gasteiger partial charge in [0.15, 0.2) is 5.82 Å². The third kappa shape index (κ3) is 4.02. The Morgan fingerprint density at radius 1 is 1.07 bits per heavy atom. The summed E-state index contributed by atoms with van der Waals surface area (Å²) in [5, 5.41) is 13.2. The van der Waals surface area contributed by atoms with Gasteiger partial charge in [0.25, 0.3) is 0 Å². The minimum absolute atomic E-state index is 0.0253. The minimum atomic E-state index is 0.0253. The van der Waals surface area contributed by atoms with Gasteiger partial charge in [-0.15, -0.1) is 0 Å². The lowest BCUT2D eigenvalue weighted by Crippen LogP contribution is -2.42. The van der Waals surface area contributed by atoms with E-state index < -0.39 is 0 Å². The molecule has 2 atom stereocenters. The first-order valence-electron chi connectivity index (χ1n) is 9.41. The second-order valence-corrected chi connectivity index (χ2v) is 7.65. The summed E-state index contributed by atoms with van der Waals surface area (Å²) in [6.45, 7) is 3.07. The van der Waals surface area contributed by atoms with Crippen LogP contribution in [0, 0.1) is 23.2 Å². The highest BCUT2D eigenvalue weighted by Crippen LogP contribution is 2.40. The van der Waals surface area contributed by atoms with Gasteiger partial charge in [-0.3, -0.25) is 0 Å². The Kier molecular flexibility index (Phi) is 5.46. The first-order valence-corrected chi connectivity index (χ1v) is 9.79. The highest BCUT2D eigenvalue weighted by atomic mass is 35.5. The molecule has 2 aromatic heterocycles. The number of nitriles is 1. The van der Waals surface area contributed by atoms with Crippen molar-refractivity contribution in [2.75, 3.05) is 24.5 Å². The van der Waals surface area contributed by atoms with Crippen LogP contribution in [0.2, 0.25) is 5.02 Å². The van der Waals surface area contributed by atoms with E-state index in [2.05, 4.69) is 36.2 Å². The van der Waals surface area contributed by atoms with Gasteiger partial charge in [0.05, 0.1) is 11.1 Å². The first kappa shape index (κ1) is 18.1. The molecule has 8 heteroatoms. The predicted octanol–water partition coefficient (Wildman–Crippen LogP) is 2.75. The first-order chi connectivity index (χ1) is 13.2. The van der Waals surface area contributed by atoms with Crippen LogP contribution in [0.15, 0.2) is 24.8 Å². The van der Waals surface area contributed by atoms with Crippen molar-refractivity contribution in [3.8, 4) is 6.07 Å². The summed E-state index contributed by atoms with van der Waals surface area (Å²) >= 11 is 5.99. The maximum Gasteiger partial charge on any atom is 0.150 e. The average molecular weight is 384 g/mol. The summed E-state index contributed by atoms with van der Waals surface area (Å²) in [5.41, 5.74) is 0.372. The second kappa shape index (κ2) is 8.15. The molecule has 27 heavy (non-hydrogen) atoms. The van der Waals surface area contributed by atoms with Crippen molar-refractivity contribution in [1.82, 2.24) is 25.3 Å². The van der Waals surface area contributed by atoms with E-state index >= 15 is 0 Å². The summed E-state index contributed by atoms with van der Waals surface area (Å²) in [6.07, 6.45) is 9.30. The van der Waals surface area contributed by atoms with Crippen molar-refractivity contribution in [2.24, 2.45) is 11.8 Å². The van der Waals surface area contributed by atoms with Crippen molar-refractivity contribution in [1.29, 1.82) is 5.26 Å². The van der Waals surface area contributed by atoms with Crippen molar-refractivity contribution in [3.05, 3.63) is 41.3 Å². The predicted molar refractivity (Wildman–Crippen MR) is 102 cm³/mol. The molecule has 0 radical (unpaired) electrons. The van der Waals surface area contributed by atoms with Gasteiger partial charge < -0.3 is 10.2 Å². The Morgan fingerprint density at radius 3 is 2.59 bits per heavy atom. The highest BCUT2D eigenvalue weighted by Gasteiger charge is 2.36. The molecular formula is C19H22ClN7. The molecule has 0 bridgehead atoms. The van der Waals surface area contributed by atoms with Crippen LogP contribution in [-0.2, 0) is 0 Å². The van der Waals surface area contributed by atoms with Gasteiger partial charge in [-0.1, -0.05) is 11.6 Å². The Hall–Kier alpha value is -2.30. The molecule has 2 aliphatic heterocycles. The molecule has 1 N–H and O–H groups in total. The zero-order valence-electron chi connectivity index (χ0n) is 15.1. The molecule has 0 aliphatic carbocycles. The Morgan fingerprint density at radius 2 is 1.85 bits per heavy atom. The van der Waals surface area contributed by atoms with Gasteiger partial charge in [-0.05, 0) is 50.6 Å². The molecule has 0 amide bonds. The van der Waals surface area contributed by atoms with E-state index in [1.165, 1.54) is 19.2 Å². The summed E-state index contributed by atoms with van der Waals surface area (Å²) in [5.74, 6) is 2.90. The van der Waals surface area contributed by atoms with Crippen molar-refractivity contribution < 1.29 is 0 Å². The number of anilines is 1. The van der Waals surface area contributed by atoms with Crippen molar-refractivity contribution in [2.45, 2.75) is 31.7 Å². The summed E-state index contributed by atoms with van der Waals surface area (Å²) in [4.78, 5) is 19.6. The monoisotopic (exact) mass is 383 g/mol. The van der Waals surface area contributed by atoms with Crippen molar-refractivity contribution >= 4 is 17.4 Å². The zero-order valence-corrected chi connectivity index (χ0v) is 15.8. The fourth-order valence-electron chi connectivity index (χ4n) is 4.32. The van der Waals surface area contributed by atoms with Crippen LogP contribution in [0.3, 0.4) is 0 Å². The molecule has 0 spiro atoms. The smallest absolute Gasteiger partial charge is 0.150 e. The number of rotatable bonds is 3. The molecule has 2 aliphatic rings. The van der Waals surface area contributed by atoms with Crippen LogP contribution in [0.4, 0.5) is 5.82 Å². The fourth-order valence-corrected chi connectivity index (χ4v) is 4.41. The van der Waals surface area contributed by atoms with Crippen molar-refractivity contribution in [3.63, 3.8) is 0 Å². The number of hydrogen-bond donors (Lipinski definition) is 1. The van der Waals surface area contributed by atoms with Crippen LogP contribution < -0.4 is 10.2 Å². The molecule has 4 rings (SSSR count). The van der Waals surface area contributed by atoms with E-state index in [1.807, 2.05) is 0 Å². The summed E-state index contributed by atoms with van der Waals surface area (Å²) < 4.78 is 0. The van der Waals surface area contributed by atoms with Crippen LogP contribution in [0.1, 0.15) is 43.2 Å². The van der Waals surface area contributed by atoms with E-state index in [0.29, 0.717) is 16.6 Å². The maximum atomic E-state index is 9.18. The molecule has 2 saturated heterocycles. The molecule has 0 saturated carbocycles. The Labute approximate surface area is 163 Å². The number of nitrogens with one attached hydrogen (secondary N) is 1. The van der Waals surface area contributed by atoms with Crippen LogP contribution >= 0.6 is 11.6 Å². The summed E-state index contributed by atoms with van der Waals surface area (Å²) in [6, 6.07) is 3.86. The van der Waals surface area contributed by atoms with Crippen LogP contribution in [-0.4, -0.2) is 39.6 Å². The number of halogens is 1. The molecular weight excluding hydrogens is 362 g/mol. The van der Waals surface area contributed by atoms with E-state index in [9.17, 15) is 5.26 Å². The quantitative estimate of drug-likeness (QED) is 0.871. The molecule has 1 unspecified atom stereocenters. The Balaban J connectivity index is 1.63. The van der Waals surface area contributed by atoms with E-state index in [-0.39, 0.29) is 6.04 Å². The molecule has 2 fully saturated rings. The number of nitrogens with zero attached hydrogens (tertiary/aromatic N) is 6. The highest BCUT2D eigenvalue weighted by molar-refractivity contribution is 6.30. The third-order valence-electron chi connectivity index (χ3n) is 5.69. The van der Waals surface area contributed by atoms with Gasteiger partial charge in [0.1, 0.15) is 23.9 Å². The topological polar surface area (TPSA) is 90.6 Å². The maximum absolute atomic E-state index is 9.18. The number of hydrogen-bond acceptors (Lipinski definition) is 7. The van der Waals surface area contributed by atoms with Gasteiger partial charge >= 0.3 is 0 Å². The minimum Gasteiger partial charge on any atom is -0.346 e. The SMILES string of the molecule is N#Cc1cc(N2CCC(C3CCNCC3)C[C@@H]2c2ncc(Cl)cn2)ncn1.